The predicted octanol–water partition coefficient (Wildman–Crippen LogP) is 4.03. The Bertz CT molecular complexity index is 1570. The summed E-state index contributed by atoms with van der Waals surface area (Å²) < 4.78 is 69.9. The molecule has 1 aromatic carbocycles. The predicted molar refractivity (Wildman–Crippen MR) is 122 cm³/mol. The van der Waals surface area contributed by atoms with Crippen LogP contribution in [0.4, 0.5) is 23.2 Å². The molecule has 6 rings (SSSR count). The van der Waals surface area contributed by atoms with Crippen molar-refractivity contribution < 1.29 is 31.8 Å². The van der Waals surface area contributed by atoms with Crippen LogP contribution in [0.2, 0.25) is 0 Å². The van der Waals surface area contributed by atoms with Crippen LogP contribution in [0.25, 0.3) is 16.8 Å². The lowest BCUT2D eigenvalue weighted by atomic mass is 10.0. The maximum Gasteiger partial charge on any atom is 0.268 e. The number of alkyl halides is 1. The summed E-state index contributed by atoms with van der Waals surface area (Å²) in [6.07, 6.45) is 3.11. The number of nitrogens with zero attached hydrogens (tertiary/aromatic N) is 5. The maximum absolute atomic E-state index is 15.0. The van der Waals surface area contributed by atoms with E-state index in [1.54, 1.807) is 11.3 Å². The minimum Gasteiger partial charge on any atom is -0.476 e. The first-order valence-electron chi connectivity index (χ1n) is 11.4. The Morgan fingerprint density at radius 3 is 2.51 bits per heavy atom. The van der Waals surface area contributed by atoms with Gasteiger partial charge in [-0.3, -0.25) is 9.69 Å². The fourth-order valence-electron chi connectivity index (χ4n) is 4.48. The number of hydrogen-bond donors (Lipinski definition) is 0. The number of rotatable bonds is 4. The van der Waals surface area contributed by atoms with Gasteiger partial charge in [-0.05, 0) is 13.8 Å². The van der Waals surface area contributed by atoms with Gasteiger partial charge in [0.25, 0.3) is 5.91 Å². The number of carbonyl (C=O) groups excluding carboxylic acids is 1. The van der Waals surface area contributed by atoms with Crippen molar-refractivity contribution in [3.63, 3.8) is 0 Å². The van der Waals surface area contributed by atoms with E-state index in [4.69, 9.17) is 9.47 Å². The maximum atomic E-state index is 15.0. The Morgan fingerprint density at radius 2 is 1.84 bits per heavy atom. The van der Waals surface area contributed by atoms with Gasteiger partial charge in [0.1, 0.15) is 17.3 Å². The van der Waals surface area contributed by atoms with Gasteiger partial charge >= 0.3 is 0 Å². The molecule has 8 nitrogen and oxygen atoms in total. The number of imidazole rings is 1. The lowest BCUT2D eigenvalue weighted by molar-refractivity contribution is -0.140. The summed E-state index contributed by atoms with van der Waals surface area (Å²) in [5.41, 5.74) is -0.155. The number of ether oxygens (including phenoxy) is 2. The Morgan fingerprint density at radius 1 is 1.11 bits per heavy atom. The molecule has 5 heterocycles. The van der Waals surface area contributed by atoms with Crippen LogP contribution in [0.3, 0.4) is 0 Å². The highest BCUT2D eigenvalue weighted by Gasteiger charge is 2.43. The second-order valence-electron chi connectivity index (χ2n) is 9.08. The summed E-state index contributed by atoms with van der Waals surface area (Å²) in [5, 5.41) is 0. The van der Waals surface area contributed by atoms with Gasteiger partial charge in [0, 0.05) is 47.9 Å². The molecule has 1 amide bonds. The fraction of sp³-hybridized carbons (Fsp3) is 0.280. The molecule has 0 aliphatic carbocycles. The van der Waals surface area contributed by atoms with Crippen molar-refractivity contribution in [2.24, 2.45) is 0 Å². The van der Waals surface area contributed by atoms with Gasteiger partial charge in [-0.1, -0.05) is 0 Å². The zero-order chi connectivity index (χ0) is 26.1. The first-order chi connectivity index (χ1) is 17.6. The van der Waals surface area contributed by atoms with Gasteiger partial charge < -0.3 is 13.9 Å². The molecule has 190 valence electrons. The average Bonchev–Trinajstić information content (AvgIpc) is 3.14. The van der Waals surface area contributed by atoms with E-state index in [9.17, 15) is 18.0 Å². The highest BCUT2D eigenvalue weighted by atomic mass is 19.1. The third kappa shape index (κ3) is 3.70. The molecule has 0 bridgehead atoms. The van der Waals surface area contributed by atoms with Gasteiger partial charge in [0.15, 0.2) is 23.5 Å². The third-order valence-corrected chi connectivity index (χ3v) is 6.53. The summed E-state index contributed by atoms with van der Waals surface area (Å²) in [6, 6.07) is 2.92. The van der Waals surface area contributed by atoms with Crippen molar-refractivity contribution in [1.29, 1.82) is 0 Å². The van der Waals surface area contributed by atoms with Gasteiger partial charge in [-0.15, -0.1) is 0 Å². The van der Waals surface area contributed by atoms with Crippen LogP contribution in [-0.2, 0) is 21.7 Å². The monoisotopic (exact) mass is 513 g/mol. The van der Waals surface area contributed by atoms with E-state index in [1.807, 2.05) is 0 Å². The largest absolute Gasteiger partial charge is 0.476 e. The molecule has 2 aliphatic heterocycles. The van der Waals surface area contributed by atoms with Crippen LogP contribution < -0.4 is 9.64 Å². The molecule has 12 heteroatoms. The molecule has 1 saturated heterocycles. The van der Waals surface area contributed by atoms with E-state index in [1.165, 1.54) is 36.5 Å². The quantitative estimate of drug-likeness (QED) is 0.384. The number of aryl methyl sites for hydroxylation is 1. The van der Waals surface area contributed by atoms with Crippen molar-refractivity contribution in [2.45, 2.75) is 32.2 Å². The molecule has 0 N–H and O–H groups in total. The van der Waals surface area contributed by atoms with Gasteiger partial charge in [0.2, 0.25) is 5.67 Å². The average molecular weight is 513 g/mol. The molecule has 1 fully saturated rings. The lowest BCUT2D eigenvalue weighted by Gasteiger charge is -2.33. The van der Waals surface area contributed by atoms with E-state index in [0.29, 0.717) is 23.0 Å². The Balaban J connectivity index is 1.42. The second-order valence-corrected chi connectivity index (χ2v) is 9.08. The normalized spacial score (nSPS) is 18.5. The molecule has 37 heavy (non-hydrogen) atoms. The Kier molecular flexibility index (Phi) is 5.19. The van der Waals surface area contributed by atoms with Crippen LogP contribution in [0, 0.1) is 24.4 Å². The van der Waals surface area contributed by atoms with Crippen LogP contribution in [0.5, 0.6) is 5.75 Å². The van der Waals surface area contributed by atoms with Gasteiger partial charge in [-0.25, -0.2) is 32.5 Å². The summed E-state index contributed by atoms with van der Waals surface area (Å²) >= 11 is 0. The first kappa shape index (κ1) is 23.3. The molecular formula is C25H19F4N5O3. The van der Waals surface area contributed by atoms with Gasteiger partial charge in [0.05, 0.1) is 36.8 Å². The number of carbonyl (C=O) groups is 1. The lowest BCUT2D eigenvalue weighted by Crippen LogP contribution is -2.44. The zero-order valence-corrected chi connectivity index (χ0v) is 19.6. The Hall–Kier alpha value is -4.06. The minimum atomic E-state index is -1.76. The van der Waals surface area contributed by atoms with E-state index < -0.39 is 35.1 Å². The van der Waals surface area contributed by atoms with Crippen LogP contribution >= 0.6 is 0 Å². The number of pyridine rings is 1. The molecule has 0 saturated carbocycles. The molecular weight excluding hydrogens is 494 g/mol. The summed E-state index contributed by atoms with van der Waals surface area (Å²) in [5.74, 6) is -3.16. The number of halogens is 4. The highest BCUT2D eigenvalue weighted by Crippen LogP contribution is 2.38. The van der Waals surface area contributed by atoms with Crippen molar-refractivity contribution >= 4 is 17.2 Å². The SMILES string of the molecule is Cc1nc2cc(F)c(-c3cnc(C4(F)COC4)nc3)cn2c1CN1C(=O)[C@@H](C)Oc2c(F)cc(F)cc21. The molecule has 1 atom stereocenters. The van der Waals surface area contributed by atoms with Crippen LogP contribution in [0.15, 0.2) is 36.8 Å². The number of aromatic nitrogens is 4. The highest BCUT2D eigenvalue weighted by molar-refractivity contribution is 5.99. The topological polar surface area (TPSA) is 81.9 Å². The fourth-order valence-corrected chi connectivity index (χ4v) is 4.48. The van der Waals surface area contributed by atoms with Crippen molar-refractivity contribution in [3.05, 3.63) is 71.5 Å². The van der Waals surface area contributed by atoms with Crippen molar-refractivity contribution in [1.82, 2.24) is 19.4 Å². The molecule has 2 aliphatic rings. The number of benzene rings is 1. The number of anilines is 1. The van der Waals surface area contributed by atoms with Gasteiger partial charge in [-0.2, -0.15) is 0 Å². The zero-order valence-electron chi connectivity index (χ0n) is 19.6. The van der Waals surface area contributed by atoms with Crippen LogP contribution in [-0.4, -0.2) is 44.6 Å². The van der Waals surface area contributed by atoms with Crippen molar-refractivity contribution in [3.8, 4) is 16.9 Å². The molecule has 4 aromatic rings. The Labute approximate surface area is 207 Å². The first-order valence-corrected chi connectivity index (χ1v) is 11.4. The summed E-state index contributed by atoms with van der Waals surface area (Å²) in [4.78, 5) is 26.7. The summed E-state index contributed by atoms with van der Waals surface area (Å²) in [7, 11) is 0. The van der Waals surface area contributed by atoms with E-state index >= 15 is 4.39 Å². The number of amides is 1. The van der Waals surface area contributed by atoms with Crippen molar-refractivity contribution in [2.75, 3.05) is 18.1 Å². The standard InChI is InChI=1S/C25H19F4N5O3/c1-12-20(9-34-19-4-15(26)3-18(28)22(19)37-13(2)23(34)35)33-8-16(17(27)5-21(33)32-12)14-6-30-24(31-7-14)25(29)10-36-11-25/h3-8,13H,9-11H2,1-2H3/t13-/m1/s1. The van der Waals surface area contributed by atoms with Crippen LogP contribution in [0.1, 0.15) is 24.1 Å². The van der Waals surface area contributed by atoms with E-state index in [-0.39, 0.29) is 48.2 Å². The molecule has 0 unspecified atom stereocenters. The number of fused-ring (bicyclic) bond motifs is 2. The third-order valence-electron chi connectivity index (χ3n) is 6.53. The van der Waals surface area contributed by atoms with E-state index in [0.717, 1.165) is 6.07 Å². The number of hydrogen-bond acceptors (Lipinski definition) is 6. The minimum absolute atomic E-state index is 0.0405. The molecule has 3 aromatic heterocycles. The summed E-state index contributed by atoms with van der Waals surface area (Å²) in [6.45, 7) is 2.76. The second kappa shape index (κ2) is 8.23. The smallest absolute Gasteiger partial charge is 0.268 e. The van der Waals surface area contributed by atoms with E-state index in [2.05, 4.69) is 15.0 Å². The molecule has 0 radical (unpaired) electrons. The molecule has 0 spiro atoms.